The molecule has 2 aliphatic rings. The number of aliphatic hydroxyl groups excluding tert-OH is 7. The van der Waals surface area contributed by atoms with Gasteiger partial charge < -0.3 is 69.3 Å². The maximum Gasteiger partial charge on any atom is 0.239 e. The van der Waals surface area contributed by atoms with Crippen LogP contribution in [0.4, 0.5) is 0 Å². The number of aromatic hydroxyl groups is 2. The molecule has 2 fully saturated rings. The normalized spacial score (nSPS) is 32.1. The smallest absolute Gasteiger partial charge is 0.239 e. The topological polar surface area (TPSA) is 249 Å². The van der Waals surface area contributed by atoms with Crippen molar-refractivity contribution in [3.8, 4) is 34.3 Å². The molecule has 41 heavy (non-hydrogen) atoms. The molecule has 0 bridgehead atoms. The Morgan fingerprint density at radius 3 is 2.20 bits per heavy atom. The van der Waals surface area contributed by atoms with E-state index in [0.717, 1.165) is 6.07 Å². The third kappa shape index (κ3) is 5.42. The van der Waals surface area contributed by atoms with Crippen LogP contribution >= 0.6 is 0 Å². The van der Waals surface area contributed by atoms with Gasteiger partial charge in [-0.2, -0.15) is 0 Å². The minimum atomic E-state index is -1.87. The Labute approximate surface area is 230 Å². The summed E-state index contributed by atoms with van der Waals surface area (Å²) in [5.41, 5.74) is -1.00. The van der Waals surface area contributed by atoms with Crippen LogP contribution in [0.3, 0.4) is 0 Å². The Morgan fingerprint density at radius 1 is 0.829 bits per heavy atom. The highest BCUT2D eigenvalue weighted by Crippen LogP contribution is 2.38. The van der Waals surface area contributed by atoms with Gasteiger partial charge in [0.2, 0.25) is 23.8 Å². The lowest BCUT2D eigenvalue weighted by Crippen LogP contribution is -2.60. The Bertz CT molecular complexity index is 1440. The first-order chi connectivity index (χ1) is 19.5. The van der Waals surface area contributed by atoms with E-state index < -0.39 is 84.2 Å². The molecule has 2 saturated heterocycles. The average Bonchev–Trinajstić information content (AvgIpc) is 2.95. The number of phenols is 2. The van der Waals surface area contributed by atoms with Crippen molar-refractivity contribution in [3.05, 3.63) is 46.6 Å². The number of benzene rings is 2. The van der Waals surface area contributed by atoms with Crippen molar-refractivity contribution in [2.75, 3.05) is 13.2 Å². The summed E-state index contributed by atoms with van der Waals surface area (Å²) in [4.78, 5) is 13.7. The summed E-state index contributed by atoms with van der Waals surface area (Å²) < 4.78 is 27.7. The summed E-state index contributed by atoms with van der Waals surface area (Å²) in [5.74, 6) is -1.76. The fourth-order valence-corrected chi connectivity index (χ4v) is 4.53. The first-order valence-electron chi connectivity index (χ1n) is 12.4. The monoisotopic (exact) mass is 580 g/mol. The van der Waals surface area contributed by atoms with Gasteiger partial charge in [0.25, 0.3) is 0 Å². The molecule has 0 spiro atoms. The molecular formula is C26H28O15. The molecule has 2 aliphatic heterocycles. The van der Waals surface area contributed by atoms with Crippen molar-refractivity contribution < 1.29 is 69.3 Å². The van der Waals surface area contributed by atoms with Crippen molar-refractivity contribution in [1.29, 1.82) is 0 Å². The summed E-state index contributed by atoms with van der Waals surface area (Å²) in [6.07, 6.45) is -14.5. The second-order valence-electron chi connectivity index (χ2n) is 9.64. The molecule has 0 amide bonds. The van der Waals surface area contributed by atoms with Crippen LogP contribution in [0.2, 0.25) is 0 Å². The van der Waals surface area contributed by atoms with Gasteiger partial charge in [-0.05, 0) is 24.3 Å². The molecule has 15 nitrogen and oxygen atoms in total. The number of aliphatic hydroxyl groups is 7. The fraction of sp³-hybridized carbons (Fsp3) is 0.423. The zero-order valence-electron chi connectivity index (χ0n) is 21.0. The maximum atomic E-state index is 13.7. The first-order valence-corrected chi connectivity index (χ1v) is 12.4. The third-order valence-corrected chi connectivity index (χ3v) is 6.82. The standard InChI is InChI=1S/C26H28O15/c27-7-15-18(32)20(34)22(36)26(40-15)41-24-19(33)16-12(29)5-11(38-25-21(35)17(31)13(30)8-37-25)6-14(16)39-23(24)9-1-3-10(28)4-2-9/h1-6,13,15,17-18,20-22,25-32,34-36H,7-8H2. The number of hydrogen-bond acceptors (Lipinski definition) is 15. The highest BCUT2D eigenvalue weighted by atomic mass is 16.7. The summed E-state index contributed by atoms with van der Waals surface area (Å²) in [5, 5.41) is 90.0. The quantitative estimate of drug-likeness (QED) is 0.151. The Kier molecular flexibility index (Phi) is 8.06. The van der Waals surface area contributed by atoms with E-state index in [2.05, 4.69) is 0 Å². The molecule has 3 heterocycles. The van der Waals surface area contributed by atoms with Gasteiger partial charge in [-0.3, -0.25) is 4.79 Å². The van der Waals surface area contributed by atoms with Crippen LogP contribution < -0.4 is 14.9 Å². The van der Waals surface area contributed by atoms with Gasteiger partial charge >= 0.3 is 0 Å². The van der Waals surface area contributed by atoms with Crippen LogP contribution in [-0.4, -0.2) is 114 Å². The molecule has 0 aliphatic carbocycles. The fourth-order valence-electron chi connectivity index (χ4n) is 4.53. The lowest BCUT2D eigenvalue weighted by molar-refractivity contribution is -0.277. The molecule has 1 aromatic heterocycles. The molecule has 15 heteroatoms. The minimum Gasteiger partial charge on any atom is -0.508 e. The molecule has 9 atom stereocenters. The second-order valence-corrected chi connectivity index (χ2v) is 9.64. The second kappa shape index (κ2) is 11.4. The van der Waals surface area contributed by atoms with E-state index in [1.54, 1.807) is 0 Å². The van der Waals surface area contributed by atoms with E-state index in [4.69, 9.17) is 23.4 Å². The van der Waals surface area contributed by atoms with Crippen molar-refractivity contribution >= 4 is 11.0 Å². The number of phenolic OH excluding ortho intramolecular Hbond substituents is 2. The maximum absolute atomic E-state index is 13.7. The number of hydrogen-bond donors (Lipinski definition) is 9. The zero-order chi connectivity index (χ0) is 29.6. The average molecular weight is 580 g/mol. The van der Waals surface area contributed by atoms with Crippen LogP contribution in [0.1, 0.15) is 0 Å². The molecule has 0 radical (unpaired) electrons. The lowest BCUT2D eigenvalue weighted by Gasteiger charge is -2.39. The van der Waals surface area contributed by atoms with Gasteiger partial charge in [-0.1, -0.05) is 0 Å². The highest BCUT2D eigenvalue weighted by molar-refractivity contribution is 5.88. The lowest BCUT2D eigenvalue weighted by atomic mass is 9.99. The number of rotatable bonds is 6. The summed E-state index contributed by atoms with van der Waals surface area (Å²) in [7, 11) is 0. The van der Waals surface area contributed by atoms with E-state index in [9.17, 15) is 50.8 Å². The van der Waals surface area contributed by atoms with E-state index in [0.29, 0.717) is 0 Å². The minimum absolute atomic E-state index is 0.111. The third-order valence-electron chi connectivity index (χ3n) is 6.82. The first kappa shape index (κ1) is 29.0. The van der Waals surface area contributed by atoms with Crippen molar-refractivity contribution in [1.82, 2.24) is 0 Å². The van der Waals surface area contributed by atoms with Gasteiger partial charge in [0.05, 0.1) is 13.2 Å². The molecule has 3 aromatic rings. The predicted octanol–water partition coefficient (Wildman–Crippen LogP) is -2.13. The summed E-state index contributed by atoms with van der Waals surface area (Å²) in [6.45, 7) is -1.10. The van der Waals surface area contributed by atoms with E-state index in [1.807, 2.05) is 0 Å². The largest absolute Gasteiger partial charge is 0.508 e. The Morgan fingerprint density at radius 2 is 1.51 bits per heavy atom. The summed E-state index contributed by atoms with van der Waals surface area (Å²) >= 11 is 0. The van der Waals surface area contributed by atoms with Crippen LogP contribution in [0.15, 0.2) is 45.6 Å². The molecule has 0 saturated carbocycles. The molecule has 5 rings (SSSR count). The Balaban J connectivity index is 1.58. The van der Waals surface area contributed by atoms with E-state index in [1.165, 1.54) is 30.3 Å². The van der Waals surface area contributed by atoms with Crippen LogP contribution in [0.5, 0.6) is 23.0 Å². The Hall–Kier alpha value is -3.51. The zero-order valence-corrected chi connectivity index (χ0v) is 21.0. The molecule has 2 aromatic carbocycles. The van der Waals surface area contributed by atoms with E-state index in [-0.39, 0.29) is 35.0 Å². The van der Waals surface area contributed by atoms with Crippen molar-refractivity contribution in [2.24, 2.45) is 0 Å². The van der Waals surface area contributed by atoms with Crippen molar-refractivity contribution in [2.45, 2.75) is 55.3 Å². The van der Waals surface area contributed by atoms with Gasteiger partial charge in [0.15, 0.2) is 5.76 Å². The SMILES string of the molecule is O=c1c(OC2OC(CO)C(O)C(O)C2O)c(-c2ccc(O)cc2)oc2cc(OC3OCC(O)C(O)C3O)cc(O)c12. The van der Waals surface area contributed by atoms with E-state index >= 15 is 0 Å². The van der Waals surface area contributed by atoms with Gasteiger partial charge in [0.1, 0.15) is 70.9 Å². The number of ether oxygens (including phenoxy) is 4. The number of fused-ring (bicyclic) bond motifs is 1. The van der Waals surface area contributed by atoms with Gasteiger partial charge in [0, 0.05) is 17.7 Å². The van der Waals surface area contributed by atoms with Gasteiger partial charge in [-0.15, -0.1) is 0 Å². The summed E-state index contributed by atoms with van der Waals surface area (Å²) in [6, 6.07) is 7.51. The van der Waals surface area contributed by atoms with Crippen LogP contribution in [0.25, 0.3) is 22.3 Å². The van der Waals surface area contributed by atoms with Crippen molar-refractivity contribution in [3.63, 3.8) is 0 Å². The molecule has 9 unspecified atom stereocenters. The predicted molar refractivity (Wildman–Crippen MR) is 134 cm³/mol. The van der Waals surface area contributed by atoms with Gasteiger partial charge in [-0.25, -0.2) is 0 Å². The molecular weight excluding hydrogens is 552 g/mol. The molecule has 9 N–H and O–H groups in total. The van der Waals surface area contributed by atoms with Crippen LogP contribution in [0, 0.1) is 0 Å². The molecule has 222 valence electrons. The van der Waals surface area contributed by atoms with Crippen LogP contribution in [-0.2, 0) is 9.47 Å². The highest BCUT2D eigenvalue weighted by Gasteiger charge is 2.45.